The Morgan fingerprint density at radius 1 is 1.39 bits per heavy atom. The lowest BCUT2D eigenvalue weighted by Crippen LogP contribution is -2.35. The van der Waals surface area contributed by atoms with Crippen LogP contribution in [0, 0.1) is 25.7 Å². The van der Waals surface area contributed by atoms with Crippen molar-refractivity contribution >= 4 is 11.3 Å². The highest BCUT2D eigenvalue weighted by Gasteiger charge is 2.43. The van der Waals surface area contributed by atoms with Gasteiger partial charge in [-0.15, -0.1) is 11.3 Å². The molecule has 2 fully saturated rings. The molecule has 100 valence electrons. The Hall–Kier alpha value is -0.450. The Kier molecular flexibility index (Phi) is 3.20. The largest absolute Gasteiger partial charge is 0.316 e. The third kappa shape index (κ3) is 1.91. The van der Waals surface area contributed by atoms with Crippen molar-refractivity contribution in [3.8, 4) is 0 Å². The molecule has 3 rings (SSSR count). The van der Waals surface area contributed by atoms with E-state index >= 15 is 0 Å². The maximum atomic E-state index is 4.58. The van der Waals surface area contributed by atoms with E-state index in [1.165, 1.54) is 35.2 Å². The monoisotopic (exact) mass is 265 g/mol. The van der Waals surface area contributed by atoms with Gasteiger partial charge in [0.15, 0.2) is 0 Å². The predicted octanol–water partition coefficient (Wildman–Crippen LogP) is 2.36. The summed E-state index contributed by atoms with van der Waals surface area (Å²) in [6.07, 6.45) is 0. The minimum Gasteiger partial charge on any atom is -0.316 e. The van der Waals surface area contributed by atoms with Crippen LogP contribution in [0.15, 0.2) is 0 Å². The topological polar surface area (TPSA) is 28.2 Å². The Morgan fingerprint density at radius 2 is 2.17 bits per heavy atom. The van der Waals surface area contributed by atoms with Crippen molar-refractivity contribution in [2.75, 3.05) is 19.6 Å². The number of rotatable bonds is 2. The summed E-state index contributed by atoms with van der Waals surface area (Å²) in [6, 6.07) is 1.22. The van der Waals surface area contributed by atoms with Crippen molar-refractivity contribution in [3.05, 3.63) is 15.6 Å². The van der Waals surface area contributed by atoms with Gasteiger partial charge in [0.1, 0.15) is 0 Å². The molecule has 0 saturated carbocycles. The average molecular weight is 265 g/mol. The fourth-order valence-electron chi connectivity index (χ4n) is 3.80. The van der Waals surface area contributed by atoms with Gasteiger partial charge in [-0.25, -0.2) is 4.98 Å². The number of likely N-dealkylation sites (tertiary alicyclic amines) is 1. The third-order valence-electron chi connectivity index (χ3n) is 4.80. The van der Waals surface area contributed by atoms with Crippen LogP contribution in [0.25, 0.3) is 0 Å². The van der Waals surface area contributed by atoms with Crippen LogP contribution < -0.4 is 5.32 Å². The summed E-state index contributed by atoms with van der Waals surface area (Å²) in [6.45, 7) is 12.7. The maximum absolute atomic E-state index is 4.58. The van der Waals surface area contributed by atoms with Gasteiger partial charge in [0.25, 0.3) is 0 Å². The van der Waals surface area contributed by atoms with Crippen LogP contribution in [-0.4, -0.2) is 35.6 Å². The van der Waals surface area contributed by atoms with Gasteiger partial charge < -0.3 is 5.32 Å². The second-order valence-electron chi connectivity index (χ2n) is 5.88. The van der Waals surface area contributed by atoms with Crippen LogP contribution in [0.5, 0.6) is 0 Å². The first-order chi connectivity index (χ1) is 8.58. The van der Waals surface area contributed by atoms with Crippen LogP contribution in [0.4, 0.5) is 0 Å². The summed E-state index contributed by atoms with van der Waals surface area (Å²) >= 11 is 1.87. The Bertz CT molecular complexity index is 442. The van der Waals surface area contributed by atoms with Crippen molar-refractivity contribution in [2.45, 2.75) is 39.8 Å². The highest BCUT2D eigenvalue weighted by Crippen LogP contribution is 2.39. The SMILES string of the molecule is Cc1nc(C)c(C(C)N2CC3CNCC3C2C)s1. The van der Waals surface area contributed by atoms with E-state index in [0.717, 1.165) is 11.8 Å². The van der Waals surface area contributed by atoms with E-state index in [-0.39, 0.29) is 0 Å². The standard InChI is InChI=1S/C14H23N3S/c1-8-14(18-11(4)16-8)10(3)17-7-12-5-15-6-13(12)9(17)2/h9-10,12-13,15H,5-7H2,1-4H3. The van der Waals surface area contributed by atoms with E-state index in [0.29, 0.717) is 12.1 Å². The number of fused-ring (bicyclic) bond motifs is 1. The van der Waals surface area contributed by atoms with E-state index in [1.54, 1.807) is 0 Å². The van der Waals surface area contributed by atoms with Crippen LogP contribution in [0.1, 0.15) is 35.5 Å². The normalized spacial score (nSPS) is 33.9. The maximum Gasteiger partial charge on any atom is 0.0900 e. The molecule has 3 heterocycles. The minimum absolute atomic E-state index is 0.525. The lowest BCUT2D eigenvalue weighted by atomic mass is 9.95. The Labute approximate surface area is 114 Å². The second kappa shape index (κ2) is 4.58. The summed E-state index contributed by atoms with van der Waals surface area (Å²) < 4.78 is 0. The molecule has 1 aromatic heterocycles. The van der Waals surface area contributed by atoms with E-state index in [2.05, 4.69) is 42.9 Å². The lowest BCUT2D eigenvalue weighted by Gasteiger charge is -2.30. The summed E-state index contributed by atoms with van der Waals surface area (Å²) in [4.78, 5) is 8.74. The molecule has 0 aliphatic carbocycles. The zero-order valence-electron chi connectivity index (χ0n) is 11.7. The molecule has 1 aromatic rings. The van der Waals surface area contributed by atoms with Gasteiger partial charge in [0, 0.05) is 23.5 Å². The van der Waals surface area contributed by atoms with Gasteiger partial charge >= 0.3 is 0 Å². The van der Waals surface area contributed by atoms with Crippen LogP contribution in [0.3, 0.4) is 0 Å². The second-order valence-corrected chi connectivity index (χ2v) is 7.11. The number of nitrogens with zero attached hydrogens (tertiary/aromatic N) is 2. The van der Waals surface area contributed by atoms with Gasteiger partial charge in [-0.05, 0) is 52.6 Å². The number of hydrogen-bond acceptors (Lipinski definition) is 4. The Morgan fingerprint density at radius 3 is 2.78 bits per heavy atom. The highest BCUT2D eigenvalue weighted by molar-refractivity contribution is 7.11. The Balaban J connectivity index is 1.81. The van der Waals surface area contributed by atoms with Crippen LogP contribution in [0.2, 0.25) is 0 Å². The molecule has 0 aromatic carbocycles. The first kappa shape index (κ1) is 12.6. The predicted molar refractivity (Wildman–Crippen MR) is 76.0 cm³/mol. The number of hydrogen-bond donors (Lipinski definition) is 1. The molecular weight excluding hydrogens is 242 g/mol. The molecule has 4 heteroatoms. The van der Waals surface area contributed by atoms with E-state index in [9.17, 15) is 0 Å². The molecule has 0 amide bonds. The minimum atomic E-state index is 0.525. The molecule has 18 heavy (non-hydrogen) atoms. The first-order valence-electron chi connectivity index (χ1n) is 6.98. The van der Waals surface area contributed by atoms with Crippen molar-refractivity contribution in [3.63, 3.8) is 0 Å². The number of aromatic nitrogens is 1. The van der Waals surface area contributed by atoms with Crippen LogP contribution >= 0.6 is 11.3 Å². The third-order valence-corrected chi connectivity index (χ3v) is 6.04. The highest BCUT2D eigenvalue weighted by atomic mass is 32.1. The van der Waals surface area contributed by atoms with Gasteiger partial charge in [-0.1, -0.05) is 0 Å². The molecule has 0 bridgehead atoms. The van der Waals surface area contributed by atoms with Crippen molar-refractivity contribution in [1.29, 1.82) is 0 Å². The van der Waals surface area contributed by atoms with Gasteiger partial charge in [-0.3, -0.25) is 4.90 Å². The molecule has 2 aliphatic heterocycles. The summed E-state index contributed by atoms with van der Waals surface area (Å²) in [7, 11) is 0. The quantitative estimate of drug-likeness (QED) is 0.890. The fraction of sp³-hybridized carbons (Fsp3) is 0.786. The van der Waals surface area contributed by atoms with Crippen molar-refractivity contribution < 1.29 is 0 Å². The van der Waals surface area contributed by atoms with E-state index in [4.69, 9.17) is 0 Å². The van der Waals surface area contributed by atoms with E-state index in [1.807, 2.05) is 11.3 Å². The van der Waals surface area contributed by atoms with Gasteiger partial charge in [0.2, 0.25) is 0 Å². The molecule has 0 spiro atoms. The molecule has 3 nitrogen and oxygen atoms in total. The van der Waals surface area contributed by atoms with Gasteiger partial charge in [-0.2, -0.15) is 0 Å². The molecule has 2 saturated heterocycles. The summed E-state index contributed by atoms with van der Waals surface area (Å²) in [5.41, 5.74) is 1.23. The molecule has 0 radical (unpaired) electrons. The number of thiazole rings is 1. The number of aryl methyl sites for hydroxylation is 2. The van der Waals surface area contributed by atoms with E-state index < -0.39 is 0 Å². The van der Waals surface area contributed by atoms with Gasteiger partial charge in [0.05, 0.1) is 10.7 Å². The number of nitrogens with one attached hydrogen (secondary N) is 1. The van der Waals surface area contributed by atoms with Crippen molar-refractivity contribution in [2.24, 2.45) is 11.8 Å². The summed E-state index contributed by atoms with van der Waals surface area (Å²) in [5.74, 6) is 1.71. The molecular formula is C14H23N3S. The zero-order valence-corrected chi connectivity index (χ0v) is 12.5. The van der Waals surface area contributed by atoms with Crippen molar-refractivity contribution in [1.82, 2.24) is 15.2 Å². The average Bonchev–Trinajstić information content (AvgIpc) is 2.96. The molecule has 4 unspecified atom stereocenters. The molecule has 1 N–H and O–H groups in total. The molecule has 2 aliphatic rings. The lowest BCUT2D eigenvalue weighted by molar-refractivity contribution is 0.184. The summed E-state index contributed by atoms with van der Waals surface area (Å²) in [5, 5.41) is 4.73. The van der Waals surface area contributed by atoms with Crippen LogP contribution in [-0.2, 0) is 0 Å². The first-order valence-corrected chi connectivity index (χ1v) is 7.80. The zero-order chi connectivity index (χ0) is 12.9. The fourth-order valence-corrected chi connectivity index (χ4v) is 4.80. The smallest absolute Gasteiger partial charge is 0.0900 e. The molecule has 4 atom stereocenters.